The van der Waals surface area contributed by atoms with Crippen molar-refractivity contribution in [3.8, 4) is 11.5 Å². The molecule has 1 aliphatic carbocycles. The SMILES string of the molecule is c1ccc2c(c1)CC1(CCN(c3ncc(Sc4ccnc5c4OCC4(CCC4)N5)c4nccn34)CC1)O2. The normalized spacial score (nSPS) is 20.6. The first-order valence-electron chi connectivity index (χ1n) is 13.1. The minimum atomic E-state index is -0.0867. The number of nitrogens with one attached hydrogen (secondary N) is 1. The topological polar surface area (TPSA) is 76.8 Å². The lowest BCUT2D eigenvalue weighted by Crippen LogP contribution is -2.52. The van der Waals surface area contributed by atoms with Gasteiger partial charge in [-0.25, -0.2) is 15.0 Å². The summed E-state index contributed by atoms with van der Waals surface area (Å²) in [5, 5.41) is 3.64. The van der Waals surface area contributed by atoms with Crippen LogP contribution in [0.1, 0.15) is 37.7 Å². The average Bonchev–Trinajstić information content (AvgIpc) is 3.54. The van der Waals surface area contributed by atoms with Gasteiger partial charge in [-0.2, -0.15) is 0 Å². The quantitative estimate of drug-likeness (QED) is 0.412. The molecule has 0 radical (unpaired) electrons. The van der Waals surface area contributed by atoms with Crippen LogP contribution in [0, 0.1) is 0 Å². The average molecular weight is 513 g/mol. The second-order valence-corrected chi connectivity index (χ2v) is 11.8. The molecular formula is C28H28N6O2S. The predicted octanol–water partition coefficient (Wildman–Crippen LogP) is 4.98. The fourth-order valence-corrected chi connectivity index (χ4v) is 7.14. The van der Waals surface area contributed by atoms with Crippen molar-refractivity contribution in [2.75, 3.05) is 29.9 Å². The van der Waals surface area contributed by atoms with Crippen molar-refractivity contribution in [3.05, 3.63) is 60.7 Å². The molecule has 2 fully saturated rings. The highest BCUT2D eigenvalue weighted by Crippen LogP contribution is 2.47. The van der Waals surface area contributed by atoms with Gasteiger partial charge in [0.05, 0.1) is 15.3 Å². The van der Waals surface area contributed by atoms with Crippen LogP contribution in [0.2, 0.25) is 0 Å². The maximum Gasteiger partial charge on any atom is 0.211 e. The van der Waals surface area contributed by atoms with Gasteiger partial charge in [0.25, 0.3) is 0 Å². The second-order valence-electron chi connectivity index (χ2n) is 10.7. The molecule has 4 aliphatic rings. The molecule has 0 bridgehead atoms. The van der Waals surface area contributed by atoms with Crippen LogP contribution in [0.15, 0.2) is 64.9 Å². The first kappa shape index (κ1) is 21.6. The van der Waals surface area contributed by atoms with E-state index in [-0.39, 0.29) is 11.1 Å². The minimum absolute atomic E-state index is 0.0716. The molecule has 1 saturated heterocycles. The molecule has 6 heterocycles. The monoisotopic (exact) mass is 512 g/mol. The highest BCUT2D eigenvalue weighted by molar-refractivity contribution is 7.99. The zero-order valence-electron chi connectivity index (χ0n) is 20.5. The third-order valence-corrected chi connectivity index (χ3v) is 9.47. The Morgan fingerprint density at radius 3 is 2.68 bits per heavy atom. The van der Waals surface area contributed by atoms with Crippen molar-refractivity contribution in [2.45, 2.75) is 59.5 Å². The fraction of sp³-hybridized carbons (Fsp3) is 0.393. The number of aromatic nitrogens is 4. The summed E-state index contributed by atoms with van der Waals surface area (Å²) < 4.78 is 14.8. The van der Waals surface area contributed by atoms with Crippen LogP contribution in [0.25, 0.3) is 5.65 Å². The molecule has 3 aromatic heterocycles. The first-order chi connectivity index (χ1) is 18.2. The highest BCUT2D eigenvalue weighted by atomic mass is 32.2. The van der Waals surface area contributed by atoms with Gasteiger partial charge in [-0.3, -0.25) is 4.40 Å². The molecule has 3 aliphatic heterocycles. The van der Waals surface area contributed by atoms with Gasteiger partial charge in [0.2, 0.25) is 5.95 Å². The summed E-state index contributed by atoms with van der Waals surface area (Å²) in [5.74, 6) is 3.66. The number of imidazole rings is 1. The highest BCUT2D eigenvalue weighted by Gasteiger charge is 2.43. The molecule has 37 heavy (non-hydrogen) atoms. The zero-order valence-corrected chi connectivity index (χ0v) is 21.3. The maximum atomic E-state index is 6.46. The lowest BCUT2D eigenvalue weighted by Gasteiger charge is -2.45. The van der Waals surface area contributed by atoms with Crippen molar-refractivity contribution in [1.82, 2.24) is 19.4 Å². The molecule has 9 heteroatoms. The van der Waals surface area contributed by atoms with E-state index in [1.165, 1.54) is 12.0 Å². The van der Waals surface area contributed by atoms with E-state index < -0.39 is 0 Å². The van der Waals surface area contributed by atoms with Crippen LogP contribution in [0.5, 0.6) is 11.5 Å². The van der Waals surface area contributed by atoms with E-state index in [1.54, 1.807) is 11.8 Å². The van der Waals surface area contributed by atoms with Gasteiger partial charge >= 0.3 is 0 Å². The van der Waals surface area contributed by atoms with Crippen LogP contribution < -0.4 is 19.7 Å². The number of ether oxygens (including phenoxy) is 2. The predicted molar refractivity (Wildman–Crippen MR) is 142 cm³/mol. The number of piperidine rings is 1. The van der Waals surface area contributed by atoms with Gasteiger partial charge in [0.15, 0.2) is 17.2 Å². The summed E-state index contributed by atoms with van der Waals surface area (Å²) >= 11 is 1.64. The van der Waals surface area contributed by atoms with E-state index in [2.05, 4.69) is 43.9 Å². The Balaban J connectivity index is 1.04. The van der Waals surface area contributed by atoms with Crippen LogP contribution in [-0.2, 0) is 6.42 Å². The second kappa shape index (κ2) is 8.02. The summed E-state index contributed by atoms with van der Waals surface area (Å²) in [7, 11) is 0. The van der Waals surface area contributed by atoms with E-state index in [9.17, 15) is 0 Å². The van der Waals surface area contributed by atoms with Crippen LogP contribution in [0.4, 0.5) is 11.8 Å². The van der Waals surface area contributed by atoms with Gasteiger partial charge in [-0.05, 0) is 37.0 Å². The summed E-state index contributed by atoms with van der Waals surface area (Å²) in [4.78, 5) is 18.6. The number of fused-ring (bicyclic) bond motifs is 3. The number of para-hydroxylation sites is 1. The van der Waals surface area contributed by atoms with E-state index >= 15 is 0 Å². The molecule has 1 saturated carbocycles. The minimum Gasteiger partial charge on any atom is -0.487 e. The van der Waals surface area contributed by atoms with E-state index in [1.807, 2.05) is 30.9 Å². The molecule has 0 unspecified atom stereocenters. The van der Waals surface area contributed by atoms with Crippen LogP contribution in [-0.4, -0.2) is 50.2 Å². The molecule has 1 N–H and O–H groups in total. The third kappa shape index (κ3) is 3.47. The van der Waals surface area contributed by atoms with E-state index in [0.29, 0.717) is 6.61 Å². The molecule has 4 aromatic rings. The lowest BCUT2D eigenvalue weighted by atomic mass is 9.77. The van der Waals surface area contributed by atoms with Crippen molar-refractivity contribution in [1.29, 1.82) is 0 Å². The van der Waals surface area contributed by atoms with Crippen LogP contribution in [0.3, 0.4) is 0 Å². The van der Waals surface area contributed by atoms with Gasteiger partial charge < -0.3 is 19.7 Å². The summed E-state index contributed by atoms with van der Waals surface area (Å²) in [6.45, 7) is 2.50. The van der Waals surface area contributed by atoms with Crippen LogP contribution >= 0.6 is 11.8 Å². The summed E-state index contributed by atoms with van der Waals surface area (Å²) in [6.07, 6.45) is 14.1. The Labute approximate surface area is 219 Å². The Bertz CT molecular complexity index is 1480. The fourth-order valence-electron chi connectivity index (χ4n) is 6.18. The molecule has 0 atom stereocenters. The number of anilines is 2. The summed E-state index contributed by atoms with van der Waals surface area (Å²) in [5.41, 5.74) is 2.22. The molecule has 8 rings (SSSR count). The smallest absolute Gasteiger partial charge is 0.211 e. The number of nitrogens with zero attached hydrogens (tertiary/aromatic N) is 5. The van der Waals surface area contributed by atoms with Crippen molar-refractivity contribution in [3.63, 3.8) is 0 Å². The number of pyridine rings is 1. The Hall–Kier alpha value is -3.46. The number of hydrogen-bond donors (Lipinski definition) is 1. The summed E-state index contributed by atoms with van der Waals surface area (Å²) in [6, 6.07) is 10.5. The molecule has 8 nitrogen and oxygen atoms in total. The maximum absolute atomic E-state index is 6.46. The molecule has 2 spiro atoms. The number of hydrogen-bond acceptors (Lipinski definition) is 8. The van der Waals surface area contributed by atoms with E-state index in [4.69, 9.17) is 19.4 Å². The van der Waals surface area contributed by atoms with E-state index in [0.717, 1.165) is 83.9 Å². The Morgan fingerprint density at radius 2 is 1.84 bits per heavy atom. The van der Waals surface area contributed by atoms with Gasteiger partial charge in [0.1, 0.15) is 18.0 Å². The largest absolute Gasteiger partial charge is 0.487 e. The van der Waals surface area contributed by atoms with Gasteiger partial charge in [-0.15, -0.1) is 0 Å². The van der Waals surface area contributed by atoms with Gasteiger partial charge in [-0.1, -0.05) is 30.0 Å². The third-order valence-electron chi connectivity index (χ3n) is 8.42. The standard InChI is InChI=1S/C28H28N6O2S/c1-2-5-20-19(4-1)16-28(36-20)9-13-33(14-10-28)26-31-17-22(25-30-12-15-34(25)26)37-21-6-11-29-24-23(21)35-18-27(32-24)7-3-8-27/h1-2,4-6,11-12,15,17H,3,7-10,13-14,16,18H2,(H,29,32). The molecule has 1 aromatic carbocycles. The number of rotatable bonds is 3. The molecular weight excluding hydrogens is 484 g/mol. The zero-order chi connectivity index (χ0) is 24.5. The first-order valence-corrected chi connectivity index (χ1v) is 13.9. The Kier molecular flexibility index (Phi) is 4.68. The van der Waals surface area contributed by atoms with Gasteiger partial charge in [0, 0.05) is 57.1 Å². The van der Waals surface area contributed by atoms with Crippen molar-refractivity contribution >= 4 is 29.2 Å². The Morgan fingerprint density at radius 1 is 0.946 bits per heavy atom. The molecule has 188 valence electrons. The van der Waals surface area contributed by atoms with Crippen molar-refractivity contribution in [2.24, 2.45) is 0 Å². The molecule has 0 amide bonds. The lowest BCUT2D eigenvalue weighted by molar-refractivity contribution is 0.0664. The number of benzene rings is 1. The van der Waals surface area contributed by atoms with Crippen molar-refractivity contribution < 1.29 is 9.47 Å².